The van der Waals surface area contributed by atoms with Gasteiger partial charge in [0.25, 0.3) is 16.0 Å². The lowest BCUT2D eigenvalue weighted by molar-refractivity contribution is -0.122. The van der Waals surface area contributed by atoms with Crippen molar-refractivity contribution in [1.29, 1.82) is 0 Å². The molecule has 38 heavy (non-hydrogen) atoms. The molecule has 1 aliphatic heterocycles. The fourth-order valence-electron chi connectivity index (χ4n) is 4.12. The molecule has 1 amide bonds. The summed E-state index contributed by atoms with van der Waals surface area (Å²) < 4.78 is 80.2. The van der Waals surface area contributed by atoms with Crippen molar-refractivity contribution in [1.82, 2.24) is 5.32 Å². The molecular formula is C24H22FN3O8S2. The first kappa shape index (κ1) is 27.0. The quantitative estimate of drug-likeness (QED) is 0.273. The number of aliphatic imine (C=N–C) groups is 1. The van der Waals surface area contributed by atoms with E-state index >= 15 is 4.39 Å². The van der Waals surface area contributed by atoms with E-state index < -0.39 is 43.3 Å². The second-order valence-electron chi connectivity index (χ2n) is 8.46. The first-order valence-electron chi connectivity index (χ1n) is 10.8. The van der Waals surface area contributed by atoms with Gasteiger partial charge in [-0.2, -0.15) is 16.8 Å². The summed E-state index contributed by atoms with van der Waals surface area (Å²) in [5.41, 5.74) is 5.01. The van der Waals surface area contributed by atoms with Gasteiger partial charge in [-0.15, -0.1) is 0 Å². The van der Waals surface area contributed by atoms with E-state index in [4.69, 9.17) is 19.2 Å². The fraction of sp³-hybridized carbons (Fsp3) is 0.167. The Morgan fingerprint density at radius 2 is 1.63 bits per heavy atom. The lowest BCUT2D eigenvalue weighted by Crippen LogP contribution is -2.39. The number of nitrogens with two attached hydrogens (primary N) is 1. The average Bonchev–Trinajstić information content (AvgIpc) is 3.11. The molecule has 3 aromatic rings. The lowest BCUT2D eigenvalue weighted by Gasteiger charge is -2.25. The summed E-state index contributed by atoms with van der Waals surface area (Å²) in [6, 6.07) is 13.6. The SMILES string of the molecule is COc1cc(OS(C)(=O)=O)cc(-c2cc(C3(c4ccc(CS(=O)(=O)O)cc4)N=C(N)NC3=O)ccc2F)c1. The van der Waals surface area contributed by atoms with E-state index in [1.807, 2.05) is 0 Å². The van der Waals surface area contributed by atoms with Gasteiger partial charge in [0.1, 0.15) is 23.1 Å². The molecule has 4 rings (SSSR count). The molecule has 4 N–H and O–H groups in total. The van der Waals surface area contributed by atoms with Gasteiger partial charge in [0.15, 0.2) is 11.5 Å². The lowest BCUT2D eigenvalue weighted by atomic mass is 9.81. The number of methoxy groups -OCH3 is 1. The molecule has 0 aliphatic carbocycles. The number of ether oxygens (including phenoxy) is 1. The van der Waals surface area contributed by atoms with E-state index in [2.05, 4.69) is 10.3 Å². The van der Waals surface area contributed by atoms with Crippen LogP contribution in [0.25, 0.3) is 11.1 Å². The third-order valence-corrected chi connectivity index (χ3v) is 6.83. The van der Waals surface area contributed by atoms with Crippen LogP contribution in [0, 0.1) is 5.82 Å². The zero-order chi connectivity index (χ0) is 27.9. The second-order valence-corrected chi connectivity index (χ2v) is 11.5. The maximum absolute atomic E-state index is 15.1. The van der Waals surface area contributed by atoms with Gasteiger partial charge in [-0.3, -0.25) is 14.7 Å². The molecular weight excluding hydrogens is 541 g/mol. The first-order valence-corrected chi connectivity index (χ1v) is 14.2. The van der Waals surface area contributed by atoms with Crippen molar-refractivity contribution in [2.24, 2.45) is 10.7 Å². The number of rotatable bonds is 8. The highest BCUT2D eigenvalue weighted by Crippen LogP contribution is 2.40. The van der Waals surface area contributed by atoms with Crippen molar-refractivity contribution < 1.29 is 39.5 Å². The van der Waals surface area contributed by atoms with Gasteiger partial charge >= 0.3 is 10.1 Å². The predicted octanol–water partition coefficient (Wildman–Crippen LogP) is 1.92. The predicted molar refractivity (Wildman–Crippen MR) is 136 cm³/mol. The van der Waals surface area contributed by atoms with Crippen molar-refractivity contribution in [3.8, 4) is 22.6 Å². The summed E-state index contributed by atoms with van der Waals surface area (Å²) >= 11 is 0. The normalized spacial score (nSPS) is 17.6. The van der Waals surface area contributed by atoms with E-state index in [0.717, 1.165) is 12.3 Å². The van der Waals surface area contributed by atoms with Crippen LogP contribution < -0.4 is 20.0 Å². The van der Waals surface area contributed by atoms with Gasteiger partial charge in [-0.25, -0.2) is 9.38 Å². The number of benzene rings is 3. The van der Waals surface area contributed by atoms with Crippen LogP contribution in [-0.2, 0) is 36.3 Å². The van der Waals surface area contributed by atoms with Crippen LogP contribution in [0.2, 0.25) is 0 Å². The zero-order valence-electron chi connectivity index (χ0n) is 20.0. The molecule has 3 aromatic carbocycles. The topological polar surface area (TPSA) is 174 Å². The Hall–Kier alpha value is -4.01. The monoisotopic (exact) mass is 563 g/mol. The zero-order valence-corrected chi connectivity index (χ0v) is 21.6. The standard InChI is InChI=1S/C24H22FN3O8S2/c1-35-18-9-15(10-19(12-18)36-37(2,30)31)20-11-17(7-8-21(20)25)24(22(29)27-23(26)28-24)16-5-3-14(4-6-16)13-38(32,33)34/h3-12H,13H2,1-2H3,(H,32,33,34)(H3,26,27,28,29). The number of amides is 1. The molecule has 0 radical (unpaired) electrons. The van der Waals surface area contributed by atoms with E-state index in [0.29, 0.717) is 5.56 Å². The Bertz CT molecular complexity index is 1670. The average molecular weight is 564 g/mol. The molecule has 1 atom stereocenters. The molecule has 0 bridgehead atoms. The molecule has 1 aliphatic rings. The highest BCUT2D eigenvalue weighted by atomic mass is 32.2. The summed E-state index contributed by atoms with van der Waals surface area (Å²) in [4.78, 5) is 17.5. The Morgan fingerprint density at radius 1 is 1.00 bits per heavy atom. The number of guanidine groups is 1. The first-order chi connectivity index (χ1) is 17.7. The minimum atomic E-state index is -4.28. The van der Waals surface area contributed by atoms with Crippen LogP contribution in [0.5, 0.6) is 11.5 Å². The van der Waals surface area contributed by atoms with Crippen LogP contribution >= 0.6 is 0 Å². The largest absolute Gasteiger partial charge is 0.497 e. The van der Waals surface area contributed by atoms with Gasteiger partial charge in [0, 0.05) is 11.6 Å². The smallest absolute Gasteiger partial charge is 0.306 e. The summed E-state index contributed by atoms with van der Waals surface area (Å²) in [6.45, 7) is 0. The Morgan fingerprint density at radius 3 is 2.18 bits per heavy atom. The number of carbonyl (C=O) groups is 1. The maximum Gasteiger partial charge on any atom is 0.306 e. The molecule has 11 nitrogen and oxygen atoms in total. The van der Waals surface area contributed by atoms with Crippen molar-refractivity contribution >= 4 is 32.1 Å². The maximum atomic E-state index is 15.1. The molecule has 0 spiro atoms. The van der Waals surface area contributed by atoms with Gasteiger partial charge in [-0.05, 0) is 46.5 Å². The number of nitrogens with zero attached hydrogens (tertiary/aromatic N) is 1. The Labute approximate surface area is 218 Å². The molecule has 0 aromatic heterocycles. The molecule has 200 valence electrons. The Balaban J connectivity index is 1.88. The molecule has 14 heteroatoms. The highest BCUT2D eigenvalue weighted by Gasteiger charge is 2.47. The number of halogens is 1. The van der Waals surface area contributed by atoms with Crippen LogP contribution in [0.1, 0.15) is 16.7 Å². The van der Waals surface area contributed by atoms with Crippen molar-refractivity contribution in [3.63, 3.8) is 0 Å². The minimum Gasteiger partial charge on any atom is -0.497 e. The van der Waals surface area contributed by atoms with E-state index in [9.17, 15) is 21.6 Å². The molecule has 1 heterocycles. The van der Waals surface area contributed by atoms with Gasteiger partial charge in [-0.1, -0.05) is 30.3 Å². The highest BCUT2D eigenvalue weighted by molar-refractivity contribution is 7.86. The summed E-state index contributed by atoms with van der Waals surface area (Å²) in [5, 5.41) is 2.44. The fourth-order valence-corrected chi connectivity index (χ4v) is 5.18. The third-order valence-electron chi connectivity index (χ3n) is 5.64. The van der Waals surface area contributed by atoms with E-state index in [1.54, 1.807) is 0 Å². The van der Waals surface area contributed by atoms with E-state index in [-0.39, 0.29) is 39.7 Å². The molecule has 0 fully saturated rings. The number of carbonyl (C=O) groups excluding carboxylic acids is 1. The number of hydrogen-bond acceptors (Lipinski definition) is 9. The van der Waals surface area contributed by atoms with Gasteiger partial charge in [0.2, 0.25) is 0 Å². The number of hydrogen-bond donors (Lipinski definition) is 3. The summed E-state index contributed by atoms with van der Waals surface area (Å²) in [5.74, 6) is -2.07. The molecule has 0 saturated heterocycles. The summed E-state index contributed by atoms with van der Waals surface area (Å²) in [6.07, 6.45) is 0.861. The molecule has 1 unspecified atom stereocenters. The van der Waals surface area contributed by atoms with Crippen LogP contribution in [0.4, 0.5) is 4.39 Å². The van der Waals surface area contributed by atoms with Crippen LogP contribution in [-0.4, -0.2) is 46.6 Å². The van der Waals surface area contributed by atoms with Crippen LogP contribution in [0.15, 0.2) is 65.7 Å². The van der Waals surface area contributed by atoms with Gasteiger partial charge < -0.3 is 14.7 Å². The van der Waals surface area contributed by atoms with E-state index in [1.165, 1.54) is 61.7 Å². The van der Waals surface area contributed by atoms with Crippen molar-refractivity contribution in [2.45, 2.75) is 11.3 Å². The number of nitrogens with one attached hydrogen (secondary N) is 1. The second kappa shape index (κ2) is 9.70. The van der Waals surface area contributed by atoms with Crippen molar-refractivity contribution in [3.05, 3.63) is 83.2 Å². The van der Waals surface area contributed by atoms with Crippen LogP contribution in [0.3, 0.4) is 0 Å². The summed E-state index contributed by atoms with van der Waals surface area (Å²) in [7, 11) is -6.83. The van der Waals surface area contributed by atoms with Gasteiger partial charge in [0.05, 0.1) is 13.4 Å². The Kier molecular flexibility index (Phi) is 6.90. The van der Waals surface area contributed by atoms with Crippen molar-refractivity contribution in [2.75, 3.05) is 13.4 Å². The third kappa shape index (κ3) is 5.61. The minimum absolute atomic E-state index is 0.0180. The molecule has 0 saturated carbocycles.